The molecule has 1 spiro atoms. The van der Waals surface area contributed by atoms with Crippen LogP contribution < -0.4 is 10.6 Å². The molecule has 3 nitrogen and oxygen atoms in total. The third-order valence-electron chi connectivity index (χ3n) is 2.92. The molecule has 0 radical (unpaired) electrons. The Morgan fingerprint density at radius 1 is 1.50 bits per heavy atom. The molecule has 1 aliphatic heterocycles. The minimum Gasteiger partial charge on any atom is -0.336 e. The number of halogens is 1. The number of hydrogen-bond acceptors (Lipinski definition) is 2. The molecule has 2 aliphatic rings. The van der Waals surface area contributed by atoms with Crippen LogP contribution in [0.3, 0.4) is 0 Å². The zero-order valence-corrected chi connectivity index (χ0v) is 10.2. The number of benzene rings is 1. The van der Waals surface area contributed by atoms with Crippen LogP contribution in [-0.2, 0) is 4.79 Å². The molecule has 1 amide bonds. The molecule has 2 fully saturated rings. The summed E-state index contributed by atoms with van der Waals surface area (Å²) in [5, 5.41) is 0.936. The Kier molecular flexibility index (Phi) is 1.50. The highest BCUT2D eigenvalue weighted by Crippen LogP contribution is 2.33. The summed E-state index contributed by atoms with van der Waals surface area (Å²) in [4.78, 5) is 12.8. The minimum absolute atomic E-state index is 0.0281. The molecule has 2 N–H and O–H groups in total. The molecule has 18 heavy (non-hydrogen) atoms. The third-order valence-corrected chi connectivity index (χ3v) is 3.17. The van der Waals surface area contributed by atoms with Gasteiger partial charge in [-0.15, -0.1) is 0 Å². The van der Waals surface area contributed by atoms with Crippen molar-refractivity contribution in [2.75, 3.05) is 0 Å². The fourth-order valence-corrected chi connectivity index (χ4v) is 2.14. The van der Waals surface area contributed by atoms with Gasteiger partial charge in [0.05, 0.1) is 7.03 Å². The second kappa shape index (κ2) is 4.56. The van der Waals surface area contributed by atoms with Crippen molar-refractivity contribution < 1.29 is 15.8 Å². The van der Waals surface area contributed by atoms with Crippen molar-refractivity contribution in [3.05, 3.63) is 34.9 Å². The van der Waals surface area contributed by atoms with Crippen LogP contribution in [0.25, 0.3) is 0 Å². The van der Waals surface area contributed by atoms with E-state index in [-0.39, 0.29) is 23.7 Å². The molecule has 4 heteroatoms. The zero-order valence-electron chi connectivity index (χ0n) is 17.5. The van der Waals surface area contributed by atoms with E-state index in [1.54, 1.807) is 0 Å². The van der Waals surface area contributed by atoms with Gasteiger partial charge in [-0.1, -0.05) is 30.1 Å². The van der Waals surface area contributed by atoms with Crippen LogP contribution in [-0.4, -0.2) is 11.6 Å². The SMILES string of the molecule is [2H]C1CCC2(N([2H])C(=O)C([2H])(c3ccc(Cl)cc3)N2[2H])C([2H])([2H])C1([2H])[2H]. The summed E-state index contributed by atoms with van der Waals surface area (Å²) in [6, 6.07) is 3.11. The average Bonchev–Trinajstić information content (AvgIpc) is 2.72. The predicted molar refractivity (Wildman–Crippen MR) is 71.3 cm³/mol. The van der Waals surface area contributed by atoms with E-state index in [0.717, 1.165) is 0 Å². The lowest BCUT2D eigenvalue weighted by atomic mass is 9.89. The molecule has 1 saturated heterocycles. The van der Waals surface area contributed by atoms with Crippen LogP contribution in [0.4, 0.5) is 0 Å². The van der Waals surface area contributed by atoms with Gasteiger partial charge in [-0.05, 0) is 43.3 Å². The van der Waals surface area contributed by atoms with Gasteiger partial charge >= 0.3 is 0 Å². The molecule has 1 saturated carbocycles. The summed E-state index contributed by atoms with van der Waals surface area (Å²) in [5.41, 5.74) is -2.30. The van der Waals surface area contributed by atoms with Gasteiger partial charge in [0.1, 0.15) is 7.43 Å². The van der Waals surface area contributed by atoms with E-state index in [9.17, 15) is 4.79 Å². The fourth-order valence-electron chi connectivity index (χ4n) is 2.02. The molecule has 3 rings (SSSR count). The van der Waals surface area contributed by atoms with Crippen LogP contribution in [0, 0.1) is 0 Å². The van der Waals surface area contributed by atoms with Crippen LogP contribution in [0.5, 0.6) is 0 Å². The second-order valence-electron chi connectivity index (χ2n) is 4.21. The van der Waals surface area contributed by atoms with Crippen molar-refractivity contribution in [1.29, 1.82) is 0 Å². The van der Waals surface area contributed by atoms with Crippen molar-refractivity contribution in [2.45, 2.75) is 43.7 Å². The van der Waals surface area contributed by atoms with Gasteiger partial charge in [-0.2, -0.15) is 0 Å². The highest BCUT2D eigenvalue weighted by atomic mass is 35.5. The van der Waals surface area contributed by atoms with E-state index in [1.807, 2.05) is 0 Å². The molecule has 0 bridgehead atoms. The molecular formula is C14H17ClN2O. The normalized spacial score (nSPS) is 53.5. The molecular weight excluding hydrogens is 248 g/mol. The first-order valence-corrected chi connectivity index (χ1v) is 6.04. The smallest absolute Gasteiger partial charge is 0.243 e. The molecule has 1 aromatic rings. The number of carbonyl (C=O) groups excluding carboxylic acids is 1. The summed E-state index contributed by atoms with van der Waals surface area (Å²) in [7, 11) is 0. The summed E-state index contributed by atoms with van der Waals surface area (Å²) in [5.74, 6) is -1.15. The van der Waals surface area contributed by atoms with Gasteiger partial charge in [-0.25, -0.2) is 0 Å². The predicted octanol–water partition coefficient (Wildman–Crippen LogP) is 2.76. The summed E-state index contributed by atoms with van der Waals surface area (Å²) in [6.45, 7) is 0. The molecule has 1 aromatic carbocycles. The van der Waals surface area contributed by atoms with Crippen molar-refractivity contribution in [2.24, 2.45) is 0 Å². The first-order chi connectivity index (χ1) is 11.8. The molecule has 0 aromatic heterocycles. The van der Waals surface area contributed by atoms with Gasteiger partial charge in [0.25, 0.3) is 0 Å². The van der Waals surface area contributed by atoms with Crippen LogP contribution in [0.15, 0.2) is 24.3 Å². The number of rotatable bonds is 1. The Morgan fingerprint density at radius 2 is 2.28 bits per heavy atom. The Balaban J connectivity index is 2.19. The lowest BCUT2D eigenvalue weighted by Crippen LogP contribution is -2.51. The van der Waals surface area contributed by atoms with E-state index >= 15 is 0 Å². The Hall–Kier alpha value is -1.06. The Morgan fingerprint density at radius 3 is 3.06 bits per heavy atom. The monoisotopic (exact) mass is 272 g/mol. The summed E-state index contributed by atoms with van der Waals surface area (Å²) < 4.78 is 65.7. The Bertz CT molecular complexity index is 747. The van der Waals surface area contributed by atoms with Crippen molar-refractivity contribution in [3.63, 3.8) is 0 Å². The lowest BCUT2D eigenvalue weighted by molar-refractivity contribution is -0.121. The molecule has 96 valence electrons. The van der Waals surface area contributed by atoms with Crippen molar-refractivity contribution >= 4 is 17.5 Å². The first kappa shape index (κ1) is 5.93. The Labute approximate surface area is 123 Å². The van der Waals surface area contributed by atoms with Gasteiger partial charge in [-0.3, -0.25) is 10.1 Å². The minimum atomic E-state index is -2.92. The highest BCUT2D eigenvalue weighted by molar-refractivity contribution is 6.30. The molecule has 1 heterocycles. The van der Waals surface area contributed by atoms with E-state index in [0.29, 0.717) is 10.3 Å². The topological polar surface area (TPSA) is 41.1 Å². The zero-order chi connectivity index (χ0) is 19.7. The van der Waals surface area contributed by atoms with Gasteiger partial charge < -0.3 is 5.31 Å². The lowest BCUT2D eigenvalue weighted by Gasteiger charge is -2.33. The maximum absolute atomic E-state index is 12.8. The van der Waals surface area contributed by atoms with Gasteiger partial charge in [0, 0.05) is 11.9 Å². The van der Waals surface area contributed by atoms with Crippen molar-refractivity contribution in [3.8, 4) is 0 Å². The van der Waals surface area contributed by atoms with Gasteiger partial charge in [0.2, 0.25) is 5.91 Å². The average molecular weight is 273 g/mol. The largest absolute Gasteiger partial charge is 0.336 e. The van der Waals surface area contributed by atoms with Crippen molar-refractivity contribution in [1.82, 2.24) is 10.6 Å². The quantitative estimate of drug-likeness (QED) is 0.825. The molecule has 3 atom stereocenters. The number of hydrogen-bond donors (Lipinski definition) is 2. The van der Waals surface area contributed by atoms with E-state index in [2.05, 4.69) is 0 Å². The maximum Gasteiger partial charge on any atom is 0.243 e. The summed E-state index contributed by atoms with van der Waals surface area (Å²) in [6.07, 6.45) is -7.49. The number of nitrogens with one attached hydrogen (secondary N) is 2. The maximum atomic E-state index is 12.8. The molecule has 3 unspecified atom stereocenters. The van der Waals surface area contributed by atoms with Crippen LogP contribution in [0.2, 0.25) is 7.85 Å². The standard InChI is InChI=1S/C14H17ClN2O/c15-11-6-4-10(5-7-11)12-13(18)17-14(16-12)8-2-1-3-9-14/h4-7,12,16H,1-3,8-9H2,(H,17,18)/i1D,2D2,8D2,12D/hD2. The second-order valence-corrected chi connectivity index (χ2v) is 4.65. The number of carbonyl (C=O) groups is 1. The first-order valence-electron chi connectivity index (χ1n) is 9.63. The fraction of sp³-hybridized carbons (Fsp3) is 0.500. The van der Waals surface area contributed by atoms with Crippen LogP contribution in [0.1, 0.15) is 51.8 Å². The molecule has 1 aliphatic carbocycles. The number of amides is 1. The third kappa shape index (κ3) is 2.13. The highest BCUT2D eigenvalue weighted by Gasteiger charge is 2.44. The van der Waals surface area contributed by atoms with Gasteiger partial charge in [0.15, 0.2) is 1.41 Å². The van der Waals surface area contributed by atoms with E-state index < -0.39 is 36.7 Å². The van der Waals surface area contributed by atoms with Crippen LogP contribution >= 0.6 is 11.6 Å². The van der Waals surface area contributed by atoms with E-state index in [1.165, 1.54) is 24.3 Å². The van der Waals surface area contributed by atoms with E-state index in [4.69, 9.17) is 22.6 Å². The summed E-state index contributed by atoms with van der Waals surface area (Å²) >= 11 is 5.82.